The van der Waals surface area contributed by atoms with Crippen LogP contribution in [0, 0.1) is 0 Å². The minimum atomic E-state index is -1.76. The van der Waals surface area contributed by atoms with Crippen molar-refractivity contribution in [2.24, 2.45) is 0 Å². The predicted molar refractivity (Wildman–Crippen MR) is 94.8 cm³/mol. The third-order valence-corrected chi connectivity index (χ3v) is 4.36. The van der Waals surface area contributed by atoms with Crippen LogP contribution in [-0.4, -0.2) is 8.76 Å². The summed E-state index contributed by atoms with van der Waals surface area (Å²) >= 11 is -1.76. The zero-order valence-electron chi connectivity index (χ0n) is 14.0. The van der Waals surface area contributed by atoms with E-state index in [2.05, 4.69) is 6.92 Å². The Balaban J connectivity index is 3.01. The maximum absolute atomic E-state index is 10.4. The Hall–Kier alpha value is -0.150. The van der Waals surface area contributed by atoms with Crippen molar-refractivity contribution in [3.63, 3.8) is 0 Å². The van der Waals surface area contributed by atoms with Gasteiger partial charge in [0.15, 0.2) is 11.1 Å². The van der Waals surface area contributed by atoms with E-state index in [4.69, 9.17) is 4.55 Å². The van der Waals surface area contributed by atoms with Crippen LogP contribution < -0.4 is 0 Å². The average molecular weight is 317 g/mol. The van der Waals surface area contributed by atoms with Crippen molar-refractivity contribution < 1.29 is 8.76 Å². The molecule has 0 aromatic carbocycles. The summed E-state index contributed by atoms with van der Waals surface area (Å²) in [5.41, 5.74) is 0. The van der Waals surface area contributed by atoms with Crippen LogP contribution in [-0.2, 0) is 11.1 Å². The van der Waals surface area contributed by atoms with E-state index in [1.807, 2.05) is 6.08 Å². The lowest BCUT2D eigenvalue weighted by Gasteiger charge is -2.02. The first-order valence-electron chi connectivity index (χ1n) is 9.03. The van der Waals surface area contributed by atoms with Gasteiger partial charge in [0.2, 0.25) is 0 Å². The van der Waals surface area contributed by atoms with Crippen molar-refractivity contribution in [3.8, 4) is 0 Å². The van der Waals surface area contributed by atoms with E-state index in [0.717, 1.165) is 12.8 Å². The maximum Gasteiger partial charge on any atom is 0.178 e. The Morgan fingerprint density at radius 3 is 1.48 bits per heavy atom. The fraction of sp³-hybridized carbons (Fsp3) is 0.889. The first-order chi connectivity index (χ1) is 10.3. The number of allylic oxidation sites excluding steroid dienone is 1. The summed E-state index contributed by atoms with van der Waals surface area (Å²) in [5.74, 6) is 0. The molecule has 0 amide bonds. The van der Waals surface area contributed by atoms with E-state index in [-0.39, 0.29) is 0 Å². The van der Waals surface area contributed by atoms with Gasteiger partial charge in [0.1, 0.15) is 0 Å². The van der Waals surface area contributed by atoms with Crippen LogP contribution in [0.3, 0.4) is 0 Å². The lowest BCUT2D eigenvalue weighted by molar-refractivity contribution is 0.536. The minimum absolute atomic E-state index is 0.935. The molecule has 0 saturated heterocycles. The Kier molecular flexibility index (Phi) is 17.8. The van der Waals surface area contributed by atoms with Crippen molar-refractivity contribution in [1.82, 2.24) is 0 Å². The van der Waals surface area contributed by atoms with E-state index < -0.39 is 11.1 Å². The molecule has 3 heteroatoms. The van der Waals surface area contributed by atoms with Gasteiger partial charge in [0.05, 0.1) is 0 Å². The highest BCUT2D eigenvalue weighted by Gasteiger charge is 1.93. The Bertz CT molecular complexity index is 252. The summed E-state index contributed by atoms with van der Waals surface area (Å²) < 4.78 is 18.9. The molecular formula is C18H36O2S. The van der Waals surface area contributed by atoms with Crippen LogP contribution in [0.15, 0.2) is 11.5 Å². The van der Waals surface area contributed by atoms with E-state index in [0.29, 0.717) is 0 Å². The average Bonchev–Trinajstić information content (AvgIpc) is 2.46. The summed E-state index contributed by atoms with van der Waals surface area (Å²) in [5, 5.41) is 1.36. The zero-order valence-corrected chi connectivity index (χ0v) is 14.8. The largest absolute Gasteiger partial charge is 0.303 e. The molecular weight excluding hydrogens is 280 g/mol. The molecule has 1 atom stereocenters. The third-order valence-electron chi connectivity index (χ3n) is 3.94. The Morgan fingerprint density at radius 2 is 1.10 bits per heavy atom. The fourth-order valence-corrected chi connectivity index (χ4v) is 2.91. The van der Waals surface area contributed by atoms with Gasteiger partial charge in [-0.3, -0.25) is 0 Å². The molecule has 0 aromatic rings. The summed E-state index contributed by atoms with van der Waals surface area (Å²) in [4.78, 5) is 0. The van der Waals surface area contributed by atoms with E-state index in [9.17, 15) is 4.21 Å². The molecule has 0 aliphatic rings. The summed E-state index contributed by atoms with van der Waals surface area (Å²) in [6, 6.07) is 0. The molecule has 0 fully saturated rings. The second-order valence-corrected chi connectivity index (χ2v) is 6.86. The molecule has 0 spiro atoms. The van der Waals surface area contributed by atoms with Gasteiger partial charge in [0.25, 0.3) is 0 Å². The second-order valence-electron chi connectivity index (χ2n) is 6.03. The van der Waals surface area contributed by atoms with Crippen molar-refractivity contribution in [1.29, 1.82) is 0 Å². The first kappa shape index (κ1) is 20.9. The Morgan fingerprint density at radius 1 is 0.714 bits per heavy atom. The number of unbranched alkanes of at least 4 members (excludes halogenated alkanes) is 14. The van der Waals surface area contributed by atoms with Crippen molar-refractivity contribution in [2.75, 3.05) is 0 Å². The monoisotopic (exact) mass is 316 g/mol. The molecule has 1 unspecified atom stereocenters. The molecule has 0 heterocycles. The first-order valence-corrected chi connectivity index (χ1v) is 10.2. The van der Waals surface area contributed by atoms with Gasteiger partial charge in [-0.1, -0.05) is 96.5 Å². The number of rotatable bonds is 16. The molecule has 0 aromatic heterocycles. The third kappa shape index (κ3) is 19.9. The van der Waals surface area contributed by atoms with Gasteiger partial charge in [-0.05, 0) is 12.8 Å². The normalized spacial score (nSPS) is 13.0. The van der Waals surface area contributed by atoms with Gasteiger partial charge >= 0.3 is 0 Å². The van der Waals surface area contributed by atoms with Gasteiger partial charge in [-0.15, -0.1) is 0 Å². The molecule has 21 heavy (non-hydrogen) atoms. The van der Waals surface area contributed by atoms with Crippen LogP contribution in [0.5, 0.6) is 0 Å². The molecule has 2 nitrogen and oxygen atoms in total. The SMILES string of the molecule is CCCCCCCCCCCCCCCCC=CS(=O)O. The number of hydrogen-bond donors (Lipinski definition) is 1. The van der Waals surface area contributed by atoms with E-state index in [1.54, 1.807) is 0 Å². The molecule has 0 aliphatic heterocycles. The summed E-state index contributed by atoms with van der Waals surface area (Å²) in [7, 11) is 0. The van der Waals surface area contributed by atoms with Crippen molar-refractivity contribution >= 4 is 11.1 Å². The molecule has 0 aliphatic carbocycles. The van der Waals surface area contributed by atoms with E-state index >= 15 is 0 Å². The molecule has 126 valence electrons. The minimum Gasteiger partial charge on any atom is -0.303 e. The fourth-order valence-electron chi connectivity index (χ4n) is 2.61. The van der Waals surface area contributed by atoms with Gasteiger partial charge in [-0.25, -0.2) is 4.21 Å². The highest BCUT2D eigenvalue weighted by Crippen LogP contribution is 2.13. The van der Waals surface area contributed by atoms with Gasteiger partial charge < -0.3 is 4.55 Å². The molecule has 0 saturated carbocycles. The quantitative estimate of drug-likeness (QED) is 0.257. The van der Waals surface area contributed by atoms with Crippen LogP contribution in [0.2, 0.25) is 0 Å². The number of hydrogen-bond acceptors (Lipinski definition) is 1. The molecule has 0 bridgehead atoms. The smallest absolute Gasteiger partial charge is 0.178 e. The topological polar surface area (TPSA) is 37.3 Å². The molecule has 0 radical (unpaired) electrons. The predicted octanol–water partition coefficient (Wildman–Crippen LogP) is 6.59. The molecule has 0 rings (SSSR count). The highest BCUT2D eigenvalue weighted by molar-refractivity contribution is 7.82. The van der Waals surface area contributed by atoms with Crippen LogP contribution in [0.1, 0.15) is 103 Å². The lowest BCUT2D eigenvalue weighted by Crippen LogP contribution is -1.83. The van der Waals surface area contributed by atoms with Crippen LogP contribution in [0.4, 0.5) is 0 Å². The van der Waals surface area contributed by atoms with Gasteiger partial charge in [-0.2, -0.15) is 0 Å². The zero-order chi connectivity index (χ0) is 15.6. The van der Waals surface area contributed by atoms with Crippen molar-refractivity contribution in [2.45, 2.75) is 103 Å². The summed E-state index contributed by atoms with van der Waals surface area (Å²) in [6.07, 6.45) is 21.9. The van der Waals surface area contributed by atoms with Gasteiger partial charge in [0, 0.05) is 5.41 Å². The Labute approximate surface area is 135 Å². The van der Waals surface area contributed by atoms with E-state index in [1.165, 1.54) is 88.9 Å². The lowest BCUT2D eigenvalue weighted by atomic mass is 10.0. The maximum atomic E-state index is 10.4. The van der Waals surface area contributed by atoms with Crippen molar-refractivity contribution in [3.05, 3.63) is 11.5 Å². The summed E-state index contributed by atoms with van der Waals surface area (Å²) in [6.45, 7) is 2.27. The molecule has 1 N–H and O–H groups in total. The van der Waals surface area contributed by atoms with Crippen LogP contribution in [0.25, 0.3) is 0 Å². The second kappa shape index (κ2) is 17.9. The van der Waals surface area contributed by atoms with Crippen LogP contribution >= 0.6 is 0 Å². The highest BCUT2D eigenvalue weighted by atomic mass is 32.2. The standard InChI is InChI=1S/C18H36O2S/c1-2-3-4-5-6-7-8-9-10-11-12-13-14-15-16-17-18-21(19)20/h17-18H,2-16H2,1H3,(H,19,20).